The van der Waals surface area contributed by atoms with Crippen LogP contribution >= 0.6 is 0 Å². The molecule has 3 heterocycles. The summed E-state index contributed by atoms with van der Waals surface area (Å²) in [6.07, 6.45) is 5.88. The molecule has 1 amide bonds. The molecule has 2 fully saturated rings. The fraction of sp³-hybridized carbons (Fsp3) is 0.697. The molecule has 5 atom stereocenters. The number of anilines is 1. The number of aliphatic hydroxyl groups is 1. The van der Waals surface area contributed by atoms with Gasteiger partial charge >= 0.3 is 11.9 Å². The molecule has 13 heteroatoms. The highest BCUT2D eigenvalue weighted by molar-refractivity contribution is 5.95. The van der Waals surface area contributed by atoms with Gasteiger partial charge in [-0.25, -0.2) is 9.50 Å². The van der Waals surface area contributed by atoms with E-state index in [1.54, 1.807) is 12.1 Å². The number of hydrogen-bond acceptors (Lipinski definition) is 11. The van der Waals surface area contributed by atoms with Crippen molar-refractivity contribution in [3.05, 3.63) is 24.2 Å². The Labute approximate surface area is 270 Å². The van der Waals surface area contributed by atoms with E-state index >= 15 is 0 Å². The molecule has 0 spiro atoms. The van der Waals surface area contributed by atoms with E-state index in [9.17, 15) is 19.5 Å². The molecule has 13 nitrogen and oxygen atoms in total. The number of amides is 1. The maximum atomic E-state index is 13.2. The Hall–Kier alpha value is -3.42. The van der Waals surface area contributed by atoms with Crippen molar-refractivity contribution in [3.8, 4) is 0 Å². The van der Waals surface area contributed by atoms with Crippen LogP contribution in [0.25, 0.3) is 5.52 Å². The minimum absolute atomic E-state index is 0.160. The van der Waals surface area contributed by atoms with Gasteiger partial charge in [0.1, 0.15) is 36.7 Å². The van der Waals surface area contributed by atoms with Gasteiger partial charge < -0.3 is 30.4 Å². The van der Waals surface area contributed by atoms with Crippen molar-refractivity contribution in [1.82, 2.24) is 14.6 Å². The second kappa shape index (κ2) is 15.0. The first-order chi connectivity index (χ1) is 21.9. The molecule has 1 saturated carbocycles. The number of aromatic nitrogens is 3. The second-order valence-corrected chi connectivity index (χ2v) is 13.5. The van der Waals surface area contributed by atoms with E-state index in [4.69, 9.17) is 19.9 Å². The molecular weight excluding hydrogens is 592 g/mol. The molecule has 4 N–H and O–H groups in total. The lowest BCUT2D eigenvalue weighted by atomic mass is 9.87. The number of carbonyl (C=O) groups is 3. The number of nitrogens with zero attached hydrogens (tertiary/aromatic N) is 4. The first kappa shape index (κ1) is 35.4. The molecule has 2 aromatic heterocycles. The predicted molar refractivity (Wildman–Crippen MR) is 172 cm³/mol. The van der Waals surface area contributed by atoms with Crippen molar-refractivity contribution in [3.63, 3.8) is 0 Å². The van der Waals surface area contributed by atoms with Gasteiger partial charge in [-0.05, 0) is 49.1 Å². The van der Waals surface area contributed by atoms with Crippen LogP contribution < -0.4 is 11.1 Å². The quantitative estimate of drug-likeness (QED) is 0.229. The molecule has 4 rings (SSSR count). The van der Waals surface area contributed by atoms with Gasteiger partial charge in [0, 0.05) is 25.6 Å². The molecule has 0 unspecified atom stereocenters. The summed E-state index contributed by atoms with van der Waals surface area (Å²) in [6.45, 7) is 9.07. The van der Waals surface area contributed by atoms with Gasteiger partial charge in [-0.2, -0.15) is 5.10 Å². The predicted octanol–water partition coefficient (Wildman–Crippen LogP) is 3.56. The van der Waals surface area contributed by atoms with E-state index in [0.29, 0.717) is 36.3 Å². The van der Waals surface area contributed by atoms with Crippen molar-refractivity contribution in [2.24, 2.45) is 28.0 Å². The number of nitrogens with two attached hydrogens (primary N) is 1. The summed E-state index contributed by atoms with van der Waals surface area (Å²) in [4.78, 5) is 47.5. The van der Waals surface area contributed by atoms with E-state index in [1.807, 2.05) is 34.6 Å². The summed E-state index contributed by atoms with van der Waals surface area (Å²) in [5.41, 5.74) is 4.73. The van der Waals surface area contributed by atoms with Crippen LogP contribution in [-0.4, -0.2) is 81.8 Å². The number of carbonyl (C=O) groups excluding carboxylic acids is 3. The summed E-state index contributed by atoms with van der Waals surface area (Å²) in [5.74, 6) is -0.875. The molecule has 254 valence electrons. The van der Waals surface area contributed by atoms with Gasteiger partial charge in [0.25, 0.3) is 0 Å². The topological polar surface area (TPSA) is 180 Å². The number of ether oxygens (including phenoxy) is 3. The Kier molecular flexibility index (Phi) is 11.5. The average Bonchev–Trinajstić information content (AvgIpc) is 3.57. The van der Waals surface area contributed by atoms with Gasteiger partial charge in [-0.1, -0.05) is 53.9 Å². The third-order valence-corrected chi connectivity index (χ3v) is 9.26. The van der Waals surface area contributed by atoms with Crippen LogP contribution in [0.15, 0.2) is 23.5 Å². The van der Waals surface area contributed by atoms with Crippen LogP contribution in [0.4, 0.5) is 5.82 Å². The van der Waals surface area contributed by atoms with Gasteiger partial charge in [0.15, 0.2) is 17.5 Å². The zero-order valence-corrected chi connectivity index (χ0v) is 27.9. The minimum atomic E-state index is -1.68. The minimum Gasteiger partial charge on any atom is -0.463 e. The van der Waals surface area contributed by atoms with E-state index < -0.39 is 41.3 Å². The number of nitrogens with one attached hydrogen (secondary N) is 1. The Balaban J connectivity index is 1.68. The highest BCUT2D eigenvalue weighted by Crippen LogP contribution is 2.42. The van der Waals surface area contributed by atoms with E-state index in [0.717, 1.165) is 25.7 Å². The van der Waals surface area contributed by atoms with Crippen LogP contribution in [0, 0.1) is 17.3 Å². The lowest BCUT2D eigenvalue weighted by Crippen LogP contribution is -2.49. The molecule has 1 saturated heterocycles. The lowest BCUT2D eigenvalue weighted by Gasteiger charge is -2.30. The van der Waals surface area contributed by atoms with E-state index in [-0.39, 0.29) is 30.3 Å². The molecule has 2 aromatic rings. The molecule has 0 radical (unpaired) electrons. The van der Waals surface area contributed by atoms with Crippen molar-refractivity contribution < 1.29 is 33.7 Å². The van der Waals surface area contributed by atoms with E-state index in [1.165, 1.54) is 30.5 Å². The van der Waals surface area contributed by atoms with Crippen LogP contribution in [-0.2, 0) is 34.2 Å². The zero-order chi connectivity index (χ0) is 33.6. The van der Waals surface area contributed by atoms with Gasteiger partial charge in [0.05, 0.1) is 5.69 Å². The normalized spacial score (nSPS) is 24.8. The van der Waals surface area contributed by atoms with Crippen LogP contribution in [0.1, 0.15) is 91.7 Å². The van der Waals surface area contributed by atoms with Crippen LogP contribution in [0.3, 0.4) is 0 Å². The number of aliphatic hydroxyl groups excluding tert-OH is 1. The standard InChI is InChI=1S/C33H50N6O7/c1-7-21(8-2)30(42)38-29-22-14-15-24(39(22)37-19-36-29)33(18-35-6)28(41)26(45-31(43)27(34)32(3,4)5)23(46-33)17-44-25(40)16-20-12-10-9-11-13-20/h14-15,18-21,23,26-28,41H,7-13,16-17,34H2,1-6H3,(H,36,37,38,42)/t23-,26-,27+,28-,33+/m1/s1. The van der Waals surface area contributed by atoms with Gasteiger partial charge in [-0.3, -0.25) is 19.4 Å². The molecule has 1 aliphatic carbocycles. The molecule has 46 heavy (non-hydrogen) atoms. The highest BCUT2D eigenvalue weighted by Gasteiger charge is 2.59. The van der Waals surface area contributed by atoms with Crippen molar-refractivity contribution in [2.75, 3.05) is 19.0 Å². The first-order valence-electron chi connectivity index (χ1n) is 16.4. The SMILES string of the molecule is CCC(CC)C(=O)Nc1ncnn2c([C@]3(C=NC)O[C@H](COC(=O)CC4CCCCC4)[C@@H](OC(=O)[C@H](N)C(C)(C)C)[C@H]3O)ccc12. The Morgan fingerprint density at radius 1 is 1.22 bits per heavy atom. The number of hydrogen-bond donors (Lipinski definition) is 3. The van der Waals surface area contributed by atoms with Crippen LogP contribution in [0.2, 0.25) is 0 Å². The van der Waals surface area contributed by atoms with Gasteiger partial charge in [0.2, 0.25) is 5.91 Å². The Morgan fingerprint density at radius 3 is 2.54 bits per heavy atom. The molecular formula is C33H50N6O7. The number of aliphatic imine (C=N–C) groups is 1. The van der Waals surface area contributed by atoms with E-state index in [2.05, 4.69) is 20.4 Å². The molecule has 2 aliphatic rings. The lowest BCUT2D eigenvalue weighted by molar-refractivity contribution is -0.163. The monoisotopic (exact) mass is 642 g/mol. The summed E-state index contributed by atoms with van der Waals surface area (Å²) < 4.78 is 19.5. The number of rotatable bonds is 12. The first-order valence-corrected chi connectivity index (χ1v) is 16.4. The van der Waals surface area contributed by atoms with Gasteiger partial charge in [-0.15, -0.1) is 0 Å². The number of fused-ring (bicyclic) bond motifs is 1. The molecule has 0 aromatic carbocycles. The smallest absolute Gasteiger partial charge is 0.323 e. The largest absolute Gasteiger partial charge is 0.463 e. The van der Waals surface area contributed by atoms with Crippen molar-refractivity contribution >= 4 is 35.4 Å². The summed E-state index contributed by atoms with van der Waals surface area (Å²) in [7, 11) is 1.53. The molecule has 0 bridgehead atoms. The second-order valence-electron chi connectivity index (χ2n) is 13.5. The third kappa shape index (κ3) is 7.58. The number of esters is 2. The maximum absolute atomic E-state index is 13.2. The fourth-order valence-electron chi connectivity index (χ4n) is 6.31. The Morgan fingerprint density at radius 2 is 1.91 bits per heavy atom. The zero-order valence-electron chi connectivity index (χ0n) is 27.9. The van der Waals surface area contributed by atoms with Crippen molar-refractivity contribution in [2.45, 2.75) is 116 Å². The maximum Gasteiger partial charge on any atom is 0.323 e. The average molecular weight is 643 g/mol. The highest BCUT2D eigenvalue weighted by atomic mass is 16.6. The van der Waals surface area contributed by atoms with Crippen LogP contribution in [0.5, 0.6) is 0 Å². The third-order valence-electron chi connectivity index (χ3n) is 9.26. The summed E-state index contributed by atoms with van der Waals surface area (Å²) in [6, 6.07) is 2.39. The van der Waals surface area contributed by atoms with Crippen molar-refractivity contribution in [1.29, 1.82) is 0 Å². The molecule has 1 aliphatic heterocycles. The Bertz CT molecular complexity index is 1390. The fourth-order valence-corrected chi connectivity index (χ4v) is 6.31. The summed E-state index contributed by atoms with van der Waals surface area (Å²) >= 11 is 0. The summed E-state index contributed by atoms with van der Waals surface area (Å²) in [5, 5.41) is 19.2.